The Morgan fingerprint density at radius 1 is 1.17 bits per heavy atom. The average Bonchev–Trinajstić information content (AvgIpc) is 2.73. The third kappa shape index (κ3) is 4.71. The Kier molecular flexibility index (Phi) is 6.56. The van der Waals surface area contributed by atoms with Crippen LogP contribution in [-0.4, -0.2) is 54.0 Å². The molecule has 1 fully saturated rings. The van der Waals surface area contributed by atoms with Gasteiger partial charge in [0, 0.05) is 25.1 Å². The number of nitrogens with zero attached hydrogens (tertiary/aromatic N) is 1. The Balaban J connectivity index is 1.60. The molecular formula is C22H25N3O5. The van der Waals surface area contributed by atoms with Crippen molar-refractivity contribution in [3.05, 3.63) is 59.7 Å². The Labute approximate surface area is 174 Å². The first-order valence-corrected chi connectivity index (χ1v) is 9.73. The molecule has 0 aliphatic carbocycles. The van der Waals surface area contributed by atoms with E-state index in [2.05, 4.69) is 10.6 Å². The second kappa shape index (κ2) is 9.30. The van der Waals surface area contributed by atoms with E-state index < -0.39 is 6.04 Å². The van der Waals surface area contributed by atoms with Gasteiger partial charge in [0.25, 0.3) is 5.91 Å². The molecule has 1 saturated heterocycles. The number of nitrogens with one attached hydrogen (secondary N) is 2. The Morgan fingerprint density at radius 2 is 1.87 bits per heavy atom. The van der Waals surface area contributed by atoms with Crippen LogP contribution in [0.25, 0.3) is 0 Å². The fourth-order valence-corrected chi connectivity index (χ4v) is 3.23. The fraction of sp³-hybridized carbons (Fsp3) is 0.318. The SMILES string of the molecule is CCC(=O)NC(C(=O)N1CC(NC(=O)c2ccc(OC)c(O)c2)C1)c1ccccc1. The number of methoxy groups -OCH3 is 1. The van der Waals surface area contributed by atoms with Gasteiger partial charge in [-0.15, -0.1) is 0 Å². The van der Waals surface area contributed by atoms with E-state index in [0.29, 0.717) is 24.2 Å². The third-order valence-corrected chi connectivity index (χ3v) is 4.98. The summed E-state index contributed by atoms with van der Waals surface area (Å²) >= 11 is 0. The number of rotatable bonds is 7. The van der Waals surface area contributed by atoms with Crippen LogP contribution in [0.15, 0.2) is 48.5 Å². The van der Waals surface area contributed by atoms with Gasteiger partial charge in [0.2, 0.25) is 11.8 Å². The number of carbonyl (C=O) groups is 3. The number of phenols is 1. The highest BCUT2D eigenvalue weighted by molar-refractivity contribution is 5.95. The van der Waals surface area contributed by atoms with Crippen LogP contribution < -0.4 is 15.4 Å². The minimum atomic E-state index is -0.756. The van der Waals surface area contributed by atoms with Crippen molar-refractivity contribution in [2.75, 3.05) is 20.2 Å². The number of likely N-dealkylation sites (tertiary alicyclic amines) is 1. The summed E-state index contributed by atoms with van der Waals surface area (Å²) in [5.41, 5.74) is 1.01. The van der Waals surface area contributed by atoms with E-state index >= 15 is 0 Å². The fourth-order valence-electron chi connectivity index (χ4n) is 3.23. The van der Waals surface area contributed by atoms with E-state index in [-0.39, 0.29) is 41.7 Å². The van der Waals surface area contributed by atoms with E-state index in [1.165, 1.54) is 19.2 Å². The van der Waals surface area contributed by atoms with E-state index in [4.69, 9.17) is 4.74 Å². The smallest absolute Gasteiger partial charge is 0.251 e. The van der Waals surface area contributed by atoms with Gasteiger partial charge in [-0.2, -0.15) is 0 Å². The number of aromatic hydroxyl groups is 1. The molecule has 2 aromatic carbocycles. The molecule has 3 N–H and O–H groups in total. The van der Waals surface area contributed by atoms with Crippen molar-refractivity contribution >= 4 is 17.7 Å². The number of ether oxygens (including phenoxy) is 1. The largest absolute Gasteiger partial charge is 0.504 e. The molecule has 0 bridgehead atoms. The molecule has 2 aromatic rings. The zero-order valence-corrected chi connectivity index (χ0v) is 16.9. The minimum absolute atomic E-state index is 0.118. The first-order chi connectivity index (χ1) is 14.4. The topological polar surface area (TPSA) is 108 Å². The van der Waals surface area contributed by atoms with Crippen molar-refractivity contribution in [3.8, 4) is 11.5 Å². The normalized spacial score (nSPS) is 14.4. The van der Waals surface area contributed by atoms with Gasteiger partial charge in [0.15, 0.2) is 11.5 Å². The lowest BCUT2D eigenvalue weighted by Gasteiger charge is -2.41. The predicted octanol–water partition coefficient (Wildman–Crippen LogP) is 1.61. The maximum atomic E-state index is 12.9. The molecule has 1 aliphatic heterocycles. The van der Waals surface area contributed by atoms with Crippen molar-refractivity contribution in [3.63, 3.8) is 0 Å². The number of benzene rings is 2. The van der Waals surface area contributed by atoms with Gasteiger partial charge in [-0.05, 0) is 23.8 Å². The summed E-state index contributed by atoms with van der Waals surface area (Å²) < 4.78 is 4.97. The van der Waals surface area contributed by atoms with Crippen LogP contribution in [0.5, 0.6) is 11.5 Å². The molecule has 1 aliphatic rings. The molecular weight excluding hydrogens is 386 g/mol. The lowest BCUT2D eigenvalue weighted by Crippen LogP contribution is -2.62. The Hall–Kier alpha value is -3.55. The third-order valence-electron chi connectivity index (χ3n) is 4.98. The zero-order chi connectivity index (χ0) is 21.7. The molecule has 3 rings (SSSR count). The molecule has 0 aromatic heterocycles. The number of amides is 3. The Morgan fingerprint density at radius 3 is 2.47 bits per heavy atom. The second-order valence-electron chi connectivity index (χ2n) is 7.06. The number of hydrogen-bond acceptors (Lipinski definition) is 5. The van der Waals surface area contributed by atoms with Gasteiger partial charge in [-0.25, -0.2) is 0 Å². The highest BCUT2D eigenvalue weighted by Crippen LogP contribution is 2.26. The lowest BCUT2D eigenvalue weighted by molar-refractivity contribution is -0.140. The van der Waals surface area contributed by atoms with Crippen LogP contribution in [0.3, 0.4) is 0 Å². The molecule has 8 heteroatoms. The first kappa shape index (κ1) is 21.2. The van der Waals surface area contributed by atoms with E-state index in [9.17, 15) is 19.5 Å². The number of carbonyl (C=O) groups excluding carboxylic acids is 3. The molecule has 158 valence electrons. The maximum Gasteiger partial charge on any atom is 0.251 e. The van der Waals surface area contributed by atoms with Crippen LogP contribution >= 0.6 is 0 Å². The van der Waals surface area contributed by atoms with Crippen LogP contribution in [0.1, 0.15) is 35.3 Å². The summed E-state index contributed by atoms with van der Waals surface area (Å²) in [7, 11) is 1.43. The molecule has 1 atom stereocenters. The number of hydrogen-bond donors (Lipinski definition) is 3. The summed E-state index contributed by atoms with van der Waals surface area (Å²) in [5, 5.41) is 15.4. The molecule has 1 heterocycles. The Bertz CT molecular complexity index is 926. The van der Waals surface area contributed by atoms with Crippen LogP contribution in [-0.2, 0) is 9.59 Å². The summed E-state index contributed by atoms with van der Waals surface area (Å²) in [6, 6.07) is 12.5. The molecule has 0 saturated carbocycles. The van der Waals surface area contributed by atoms with Gasteiger partial charge in [0.1, 0.15) is 6.04 Å². The van der Waals surface area contributed by atoms with Crippen molar-refractivity contribution in [2.45, 2.75) is 25.4 Å². The van der Waals surface area contributed by atoms with Gasteiger partial charge in [0.05, 0.1) is 13.2 Å². The van der Waals surface area contributed by atoms with E-state index in [1.807, 2.05) is 18.2 Å². The zero-order valence-electron chi connectivity index (χ0n) is 16.9. The van der Waals surface area contributed by atoms with Crippen LogP contribution in [0.4, 0.5) is 0 Å². The summed E-state index contributed by atoms with van der Waals surface area (Å²) in [6.07, 6.45) is 0.282. The maximum absolute atomic E-state index is 12.9. The minimum Gasteiger partial charge on any atom is -0.504 e. The summed E-state index contributed by atoms with van der Waals surface area (Å²) in [5.74, 6) is -0.595. The second-order valence-corrected chi connectivity index (χ2v) is 7.06. The molecule has 0 radical (unpaired) electrons. The van der Waals surface area contributed by atoms with Crippen molar-refractivity contribution < 1.29 is 24.2 Å². The van der Waals surface area contributed by atoms with E-state index in [1.54, 1.807) is 30.0 Å². The van der Waals surface area contributed by atoms with Gasteiger partial charge >= 0.3 is 0 Å². The predicted molar refractivity (Wildman–Crippen MR) is 110 cm³/mol. The summed E-state index contributed by atoms with van der Waals surface area (Å²) in [6.45, 7) is 2.42. The van der Waals surface area contributed by atoms with Gasteiger partial charge < -0.3 is 25.4 Å². The lowest BCUT2D eigenvalue weighted by atomic mass is 10.0. The highest BCUT2D eigenvalue weighted by atomic mass is 16.5. The van der Waals surface area contributed by atoms with Crippen LogP contribution in [0.2, 0.25) is 0 Å². The van der Waals surface area contributed by atoms with Crippen molar-refractivity contribution in [1.29, 1.82) is 0 Å². The van der Waals surface area contributed by atoms with Crippen molar-refractivity contribution in [1.82, 2.24) is 15.5 Å². The number of phenolic OH excluding ortho intramolecular Hbond substituents is 1. The molecule has 0 spiro atoms. The molecule has 30 heavy (non-hydrogen) atoms. The quantitative estimate of drug-likeness (QED) is 0.642. The van der Waals surface area contributed by atoms with Crippen LogP contribution in [0, 0.1) is 0 Å². The summed E-state index contributed by atoms with van der Waals surface area (Å²) in [4.78, 5) is 38.8. The van der Waals surface area contributed by atoms with Gasteiger partial charge in [-0.1, -0.05) is 37.3 Å². The van der Waals surface area contributed by atoms with E-state index in [0.717, 1.165) is 0 Å². The average molecular weight is 411 g/mol. The molecule has 8 nitrogen and oxygen atoms in total. The first-order valence-electron chi connectivity index (χ1n) is 9.73. The van der Waals surface area contributed by atoms with Crippen molar-refractivity contribution in [2.24, 2.45) is 0 Å². The monoisotopic (exact) mass is 411 g/mol. The highest BCUT2D eigenvalue weighted by Gasteiger charge is 2.36. The standard InChI is InChI=1S/C22H25N3O5/c1-3-19(27)24-20(14-7-5-4-6-8-14)22(29)25-12-16(13-25)23-21(28)15-9-10-18(30-2)17(26)11-15/h4-11,16,20,26H,3,12-13H2,1-2H3,(H,23,28)(H,24,27). The van der Waals surface area contributed by atoms with Gasteiger partial charge in [-0.3, -0.25) is 14.4 Å². The molecule has 1 unspecified atom stereocenters. The molecule has 3 amide bonds.